The first-order valence-electron chi connectivity index (χ1n) is 8.93. The van der Waals surface area contributed by atoms with E-state index in [1.165, 1.54) is 21.6 Å². The van der Waals surface area contributed by atoms with Gasteiger partial charge in [0.1, 0.15) is 0 Å². The van der Waals surface area contributed by atoms with Crippen molar-refractivity contribution in [2.75, 3.05) is 20.1 Å². The van der Waals surface area contributed by atoms with Gasteiger partial charge in [0.2, 0.25) is 0 Å². The molecule has 26 heavy (non-hydrogen) atoms. The third kappa shape index (κ3) is 7.25. The van der Waals surface area contributed by atoms with Crippen LogP contribution in [0.25, 0.3) is 0 Å². The number of benzene rings is 1. The number of hydrogen-bond acceptors (Lipinski definition) is 3. The van der Waals surface area contributed by atoms with E-state index in [0.29, 0.717) is 0 Å². The quantitative estimate of drug-likeness (QED) is 0.331. The van der Waals surface area contributed by atoms with E-state index in [2.05, 4.69) is 77.0 Å². The lowest BCUT2D eigenvalue weighted by atomic mass is 10.1. The fraction of sp³-hybridized carbons (Fsp3) is 0.450. The summed E-state index contributed by atoms with van der Waals surface area (Å²) < 4.78 is 0. The van der Waals surface area contributed by atoms with Crippen LogP contribution in [0.4, 0.5) is 0 Å². The number of nitrogens with one attached hydrogen (secondary N) is 2. The molecule has 0 amide bonds. The Kier molecular flexibility index (Phi) is 10.8. The normalized spacial score (nSPS) is 11.3. The Hall–Kier alpha value is -1.12. The Labute approximate surface area is 179 Å². The standard InChI is InChI=1S/C20H30N4S.HI/c1-5-24(6-2)15-18-9-7-8-17(12-18)13-22-20(21-4)23-14-19-16(3)10-11-25-19;/h7-12H,5-6,13-15H2,1-4H3,(H2,21,22,23);1H. The summed E-state index contributed by atoms with van der Waals surface area (Å²) in [6.07, 6.45) is 0. The van der Waals surface area contributed by atoms with Crippen molar-refractivity contribution in [3.63, 3.8) is 0 Å². The molecule has 4 nitrogen and oxygen atoms in total. The molecule has 2 rings (SSSR count). The highest BCUT2D eigenvalue weighted by molar-refractivity contribution is 14.0. The molecule has 0 aliphatic carbocycles. The van der Waals surface area contributed by atoms with Crippen LogP contribution in [-0.4, -0.2) is 31.0 Å². The van der Waals surface area contributed by atoms with Crippen molar-refractivity contribution in [3.8, 4) is 0 Å². The fourth-order valence-electron chi connectivity index (χ4n) is 2.70. The Bertz CT molecular complexity index is 680. The predicted octanol–water partition coefficient (Wildman–Crippen LogP) is 4.38. The summed E-state index contributed by atoms with van der Waals surface area (Å²) in [5, 5.41) is 8.92. The number of nitrogens with zero attached hydrogens (tertiary/aromatic N) is 2. The average Bonchev–Trinajstić information content (AvgIpc) is 3.05. The van der Waals surface area contributed by atoms with E-state index >= 15 is 0 Å². The largest absolute Gasteiger partial charge is 0.352 e. The van der Waals surface area contributed by atoms with E-state index in [1.54, 1.807) is 11.3 Å². The van der Waals surface area contributed by atoms with E-state index in [-0.39, 0.29) is 24.0 Å². The minimum absolute atomic E-state index is 0. The molecule has 0 spiro atoms. The molecule has 144 valence electrons. The molecule has 0 aliphatic heterocycles. The molecule has 0 fully saturated rings. The van der Waals surface area contributed by atoms with Crippen LogP contribution in [0.3, 0.4) is 0 Å². The molecule has 0 bridgehead atoms. The number of rotatable bonds is 8. The van der Waals surface area contributed by atoms with E-state index < -0.39 is 0 Å². The molecule has 6 heteroatoms. The van der Waals surface area contributed by atoms with Crippen molar-refractivity contribution in [2.45, 2.75) is 40.4 Å². The molecule has 0 saturated heterocycles. The maximum absolute atomic E-state index is 4.32. The summed E-state index contributed by atoms with van der Waals surface area (Å²) in [6, 6.07) is 10.9. The van der Waals surface area contributed by atoms with E-state index in [9.17, 15) is 0 Å². The Morgan fingerprint density at radius 3 is 2.38 bits per heavy atom. The van der Waals surface area contributed by atoms with E-state index in [1.807, 2.05) is 7.05 Å². The zero-order chi connectivity index (χ0) is 18.1. The molecular weight excluding hydrogens is 455 g/mol. The predicted molar refractivity (Wildman–Crippen MR) is 125 cm³/mol. The summed E-state index contributed by atoms with van der Waals surface area (Å²) in [5.74, 6) is 0.835. The second-order valence-corrected chi connectivity index (χ2v) is 7.09. The van der Waals surface area contributed by atoms with E-state index in [4.69, 9.17) is 0 Å². The molecule has 1 aromatic heterocycles. The molecule has 0 unspecified atom stereocenters. The lowest BCUT2D eigenvalue weighted by Gasteiger charge is -2.18. The average molecular weight is 486 g/mol. The number of guanidine groups is 1. The summed E-state index contributed by atoms with van der Waals surface area (Å²) in [7, 11) is 1.81. The topological polar surface area (TPSA) is 39.7 Å². The second-order valence-electron chi connectivity index (χ2n) is 6.09. The molecule has 1 aromatic carbocycles. The molecule has 0 radical (unpaired) electrons. The Morgan fingerprint density at radius 2 is 1.77 bits per heavy atom. The number of hydrogen-bond donors (Lipinski definition) is 2. The SMILES string of the molecule is CCN(CC)Cc1cccc(CNC(=NC)NCc2sccc2C)c1.I. The highest BCUT2D eigenvalue weighted by Crippen LogP contribution is 2.14. The number of thiophene rings is 1. The van der Waals surface area contributed by atoms with Crippen molar-refractivity contribution in [1.82, 2.24) is 15.5 Å². The van der Waals surface area contributed by atoms with Crippen LogP contribution in [0, 0.1) is 6.92 Å². The van der Waals surface area contributed by atoms with Crippen LogP contribution < -0.4 is 10.6 Å². The fourth-order valence-corrected chi connectivity index (χ4v) is 3.54. The van der Waals surface area contributed by atoms with Gasteiger partial charge in [-0.1, -0.05) is 38.1 Å². The van der Waals surface area contributed by atoms with Crippen molar-refractivity contribution in [2.24, 2.45) is 4.99 Å². The van der Waals surface area contributed by atoms with Crippen molar-refractivity contribution < 1.29 is 0 Å². The van der Waals surface area contributed by atoms with Gasteiger partial charge in [-0.25, -0.2) is 0 Å². The zero-order valence-corrected chi connectivity index (χ0v) is 19.4. The van der Waals surface area contributed by atoms with Gasteiger partial charge in [-0.15, -0.1) is 35.3 Å². The van der Waals surface area contributed by atoms with Gasteiger partial charge >= 0.3 is 0 Å². The minimum atomic E-state index is 0. The summed E-state index contributed by atoms with van der Waals surface area (Å²) in [4.78, 5) is 8.10. The minimum Gasteiger partial charge on any atom is -0.352 e. The summed E-state index contributed by atoms with van der Waals surface area (Å²) in [5.41, 5.74) is 3.97. The zero-order valence-electron chi connectivity index (χ0n) is 16.2. The lowest BCUT2D eigenvalue weighted by Crippen LogP contribution is -2.36. The van der Waals surface area contributed by atoms with Gasteiger partial charge in [-0.2, -0.15) is 0 Å². The van der Waals surface area contributed by atoms with Crippen LogP contribution >= 0.6 is 35.3 Å². The number of aliphatic imine (C=N–C) groups is 1. The second kappa shape index (κ2) is 12.3. The first kappa shape index (κ1) is 22.9. The van der Waals surface area contributed by atoms with Gasteiger partial charge in [-0.05, 0) is 48.2 Å². The van der Waals surface area contributed by atoms with E-state index in [0.717, 1.165) is 38.7 Å². The molecule has 0 atom stereocenters. The smallest absolute Gasteiger partial charge is 0.191 e. The monoisotopic (exact) mass is 486 g/mol. The van der Waals surface area contributed by atoms with Gasteiger partial charge in [-0.3, -0.25) is 9.89 Å². The van der Waals surface area contributed by atoms with Gasteiger partial charge in [0.05, 0.1) is 6.54 Å². The van der Waals surface area contributed by atoms with Crippen molar-refractivity contribution >= 4 is 41.3 Å². The summed E-state index contributed by atoms with van der Waals surface area (Å²) in [6.45, 7) is 11.3. The van der Waals surface area contributed by atoms with Gasteiger partial charge in [0.15, 0.2) is 5.96 Å². The molecule has 1 heterocycles. The third-order valence-corrected chi connectivity index (χ3v) is 5.38. The van der Waals surface area contributed by atoms with Crippen LogP contribution in [0.1, 0.15) is 35.4 Å². The van der Waals surface area contributed by atoms with Gasteiger partial charge < -0.3 is 10.6 Å². The third-order valence-electron chi connectivity index (χ3n) is 4.36. The Morgan fingerprint density at radius 1 is 1.08 bits per heavy atom. The highest BCUT2D eigenvalue weighted by Gasteiger charge is 2.04. The molecule has 0 aliphatic rings. The van der Waals surface area contributed by atoms with Crippen LogP contribution in [0.5, 0.6) is 0 Å². The maximum atomic E-state index is 4.32. The Balaban J connectivity index is 0.00000338. The van der Waals surface area contributed by atoms with Crippen LogP contribution in [0.15, 0.2) is 40.7 Å². The lowest BCUT2D eigenvalue weighted by molar-refractivity contribution is 0.296. The molecule has 2 aromatic rings. The van der Waals surface area contributed by atoms with Gasteiger partial charge in [0.25, 0.3) is 0 Å². The first-order valence-corrected chi connectivity index (χ1v) is 9.81. The number of aryl methyl sites for hydroxylation is 1. The summed E-state index contributed by atoms with van der Waals surface area (Å²) >= 11 is 1.78. The molecule has 2 N–H and O–H groups in total. The number of halogens is 1. The van der Waals surface area contributed by atoms with Crippen molar-refractivity contribution in [3.05, 3.63) is 57.3 Å². The highest BCUT2D eigenvalue weighted by atomic mass is 127. The van der Waals surface area contributed by atoms with Gasteiger partial charge in [0, 0.05) is 25.0 Å². The van der Waals surface area contributed by atoms with Crippen LogP contribution in [-0.2, 0) is 19.6 Å². The van der Waals surface area contributed by atoms with Crippen LogP contribution in [0.2, 0.25) is 0 Å². The molecule has 0 saturated carbocycles. The maximum Gasteiger partial charge on any atom is 0.191 e. The molecular formula is C20H31IN4S. The van der Waals surface area contributed by atoms with Crippen molar-refractivity contribution in [1.29, 1.82) is 0 Å². The first-order chi connectivity index (χ1) is 12.2.